The van der Waals surface area contributed by atoms with Crippen molar-refractivity contribution in [1.29, 1.82) is 0 Å². The lowest BCUT2D eigenvalue weighted by Gasteiger charge is -2.13. The van der Waals surface area contributed by atoms with Gasteiger partial charge in [-0.05, 0) is 25.0 Å². The average molecular weight is 226 g/mol. The average Bonchev–Trinajstić information content (AvgIpc) is 2.21. The van der Waals surface area contributed by atoms with Crippen molar-refractivity contribution < 1.29 is 15.1 Å². The summed E-state index contributed by atoms with van der Waals surface area (Å²) in [6, 6.07) is 2.02. The summed E-state index contributed by atoms with van der Waals surface area (Å²) in [5.74, 6) is -0.171. The monoisotopic (exact) mass is 226 g/mol. The maximum absolute atomic E-state index is 10.8. The maximum atomic E-state index is 10.8. The highest BCUT2D eigenvalue weighted by Gasteiger charge is 2.24. The summed E-state index contributed by atoms with van der Waals surface area (Å²) >= 11 is 0. The molecule has 6 heteroatoms. The second kappa shape index (κ2) is 4.91. The lowest BCUT2D eigenvalue weighted by Crippen LogP contribution is -2.14. The summed E-state index contributed by atoms with van der Waals surface area (Å²) < 4.78 is 0. The van der Waals surface area contributed by atoms with Crippen LogP contribution in [-0.4, -0.2) is 21.7 Å². The first-order chi connectivity index (χ1) is 7.49. The van der Waals surface area contributed by atoms with Crippen LogP contribution in [0.15, 0.2) is 12.1 Å². The van der Waals surface area contributed by atoms with Gasteiger partial charge < -0.3 is 15.9 Å². The zero-order valence-electron chi connectivity index (χ0n) is 8.88. The summed E-state index contributed by atoms with van der Waals surface area (Å²) in [4.78, 5) is 10.2. The van der Waals surface area contributed by atoms with E-state index in [1.807, 2.05) is 0 Å². The Morgan fingerprint density at radius 3 is 2.69 bits per heavy atom. The number of phenolic OH excluding ortho intramolecular Hbond substituents is 1. The van der Waals surface area contributed by atoms with Crippen molar-refractivity contribution in [2.45, 2.75) is 19.4 Å². The maximum Gasteiger partial charge on any atom is 0.277 e. The zero-order chi connectivity index (χ0) is 12.3. The van der Waals surface area contributed by atoms with Crippen LogP contribution in [0.5, 0.6) is 5.75 Å². The number of benzene rings is 1. The van der Waals surface area contributed by atoms with E-state index in [1.165, 1.54) is 12.1 Å². The Morgan fingerprint density at radius 2 is 2.19 bits per heavy atom. The molecule has 0 aromatic heterocycles. The van der Waals surface area contributed by atoms with Gasteiger partial charge in [-0.25, -0.2) is 0 Å². The van der Waals surface area contributed by atoms with E-state index in [-0.39, 0.29) is 30.0 Å². The Balaban J connectivity index is 3.31. The lowest BCUT2D eigenvalue weighted by atomic mass is 9.99. The number of nitro groups is 1. The van der Waals surface area contributed by atoms with E-state index in [1.54, 1.807) is 6.92 Å². The van der Waals surface area contributed by atoms with E-state index in [9.17, 15) is 15.2 Å². The number of aliphatic hydroxyl groups excluding tert-OH is 1. The number of aryl methyl sites for hydroxylation is 1. The van der Waals surface area contributed by atoms with Gasteiger partial charge in [-0.2, -0.15) is 0 Å². The summed E-state index contributed by atoms with van der Waals surface area (Å²) in [6.45, 7) is 1.44. The van der Waals surface area contributed by atoms with Gasteiger partial charge in [-0.15, -0.1) is 0 Å². The molecule has 0 fully saturated rings. The molecule has 0 aliphatic rings. The number of rotatable bonds is 4. The topological polar surface area (TPSA) is 110 Å². The molecule has 6 nitrogen and oxygen atoms in total. The SMILES string of the molecule is Cc1ccc([N+](=O)[O-])c([C@H](N)CCO)c1O. The van der Waals surface area contributed by atoms with Gasteiger partial charge in [0.15, 0.2) is 0 Å². The fraction of sp³-hybridized carbons (Fsp3) is 0.400. The number of nitrogens with two attached hydrogens (primary N) is 1. The minimum absolute atomic E-state index is 0.0825. The van der Waals surface area contributed by atoms with Crippen LogP contribution in [0.1, 0.15) is 23.6 Å². The fourth-order valence-electron chi connectivity index (χ4n) is 1.51. The highest BCUT2D eigenvalue weighted by atomic mass is 16.6. The largest absolute Gasteiger partial charge is 0.507 e. The molecule has 0 amide bonds. The van der Waals surface area contributed by atoms with Crippen LogP contribution >= 0.6 is 0 Å². The van der Waals surface area contributed by atoms with Crippen molar-refractivity contribution >= 4 is 5.69 Å². The predicted molar refractivity (Wildman–Crippen MR) is 58.1 cm³/mol. The normalized spacial score (nSPS) is 12.4. The van der Waals surface area contributed by atoms with E-state index in [0.29, 0.717) is 5.56 Å². The highest BCUT2D eigenvalue weighted by Crippen LogP contribution is 2.35. The van der Waals surface area contributed by atoms with Gasteiger partial charge in [-0.1, -0.05) is 0 Å². The van der Waals surface area contributed by atoms with Gasteiger partial charge in [-0.3, -0.25) is 10.1 Å². The Morgan fingerprint density at radius 1 is 1.56 bits per heavy atom. The van der Waals surface area contributed by atoms with Gasteiger partial charge in [0.25, 0.3) is 5.69 Å². The minimum Gasteiger partial charge on any atom is -0.507 e. The number of nitro benzene ring substituents is 1. The second-order valence-corrected chi connectivity index (χ2v) is 3.54. The van der Waals surface area contributed by atoms with Crippen molar-refractivity contribution in [3.8, 4) is 5.75 Å². The molecule has 0 unspecified atom stereocenters. The first kappa shape index (κ1) is 12.4. The van der Waals surface area contributed by atoms with Gasteiger partial charge in [0, 0.05) is 18.7 Å². The first-order valence-electron chi connectivity index (χ1n) is 4.82. The van der Waals surface area contributed by atoms with E-state index in [2.05, 4.69) is 0 Å². The third-order valence-electron chi connectivity index (χ3n) is 2.40. The van der Waals surface area contributed by atoms with Crippen LogP contribution in [-0.2, 0) is 0 Å². The molecular weight excluding hydrogens is 212 g/mol. The number of phenols is 1. The molecule has 88 valence electrons. The molecule has 0 saturated carbocycles. The molecule has 0 heterocycles. The van der Waals surface area contributed by atoms with Crippen LogP contribution in [0, 0.1) is 17.0 Å². The molecule has 1 aromatic carbocycles. The van der Waals surface area contributed by atoms with Crippen molar-refractivity contribution in [3.63, 3.8) is 0 Å². The Bertz CT molecular complexity index is 406. The van der Waals surface area contributed by atoms with Gasteiger partial charge in [0.1, 0.15) is 5.75 Å². The molecule has 1 atom stereocenters. The molecule has 0 spiro atoms. The summed E-state index contributed by atoms with van der Waals surface area (Å²) in [7, 11) is 0. The third kappa shape index (κ3) is 2.29. The van der Waals surface area contributed by atoms with Crippen molar-refractivity contribution in [1.82, 2.24) is 0 Å². The Hall–Kier alpha value is -1.66. The minimum atomic E-state index is -0.745. The highest BCUT2D eigenvalue weighted by molar-refractivity contribution is 5.54. The molecular formula is C10H14N2O4. The number of nitrogens with zero attached hydrogens (tertiary/aromatic N) is 1. The van der Waals surface area contributed by atoms with Gasteiger partial charge >= 0.3 is 0 Å². The lowest BCUT2D eigenvalue weighted by molar-refractivity contribution is -0.385. The third-order valence-corrected chi connectivity index (χ3v) is 2.40. The molecule has 0 aliphatic heterocycles. The van der Waals surface area contributed by atoms with Crippen molar-refractivity contribution in [3.05, 3.63) is 33.4 Å². The van der Waals surface area contributed by atoms with Crippen LogP contribution in [0.3, 0.4) is 0 Å². The number of aromatic hydroxyl groups is 1. The summed E-state index contributed by atoms with van der Waals surface area (Å²) in [6.07, 6.45) is 0.165. The van der Waals surface area contributed by atoms with Gasteiger partial charge in [0.2, 0.25) is 0 Å². The molecule has 0 saturated heterocycles. The molecule has 0 bridgehead atoms. The van der Waals surface area contributed by atoms with Crippen LogP contribution in [0.25, 0.3) is 0 Å². The Labute approximate surface area is 92.5 Å². The number of hydrogen-bond donors (Lipinski definition) is 3. The zero-order valence-corrected chi connectivity index (χ0v) is 8.88. The quantitative estimate of drug-likeness (QED) is 0.524. The van der Waals surface area contributed by atoms with Crippen molar-refractivity contribution in [2.75, 3.05) is 6.61 Å². The molecule has 0 aliphatic carbocycles. The first-order valence-corrected chi connectivity index (χ1v) is 4.82. The Kier molecular flexibility index (Phi) is 3.81. The standard InChI is InChI=1S/C10H14N2O4/c1-6-2-3-8(12(15)16)9(10(6)14)7(11)4-5-13/h2-3,7,13-14H,4-5,11H2,1H3/t7-/m1/s1. The number of aliphatic hydroxyl groups is 1. The van der Waals surface area contributed by atoms with Crippen LogP contribution < -0.4 is 5.73 Å². The van der Waals surface area contributed by atoms with Gasteiger partial charge in [0.05, 0.1) is 10.5 Å². The van der Waals surface area contributed by atoms with E-state index < -0.39 is 11.0 Å². The van der Waals surface area contributed by atoms with E-state index >= 15 is 0 Å². The molecule has 0 radical (unpaired) electrons. The summed E-state index contributed by atoms with van der Waals surface area (Å²) in [5, 5.41) is 29.3. The van der Waals surface area contributed by atoms with Crippen LogP contribution in [0.2, 0.25) is 0 Å². The number of hydrogen-bond acceptors (Lipinski definition) is 5. The predicted octanol–water partition coefficient (Wildman–Crippen LogP) is 0.991. The van der Waals surface area contributed by atoms with Crippen molar-refractivity contribution in [2.24, 2.45) is 5.73 Å². The van der Waals surface area contributed by atoms with E-state index in [0.717, 1.165) is 0 Å². The molecule has 4 N–H and O–H groups in total. The summed E-state index contributed by atoms with van der Waals surface area (Å²) in [5.41, 5.74) is 6.08. The smallest absolute Gasteiger partial charge is 0.277 e. The molecule has 1 rings (SSSR count). The second-order valence-electron chi connectivity index (χ2n) is 3.54. The van der Waals surface area contributed by atoms with Crippen LogP contribution in [0.4, 0.5) is 5.69 Å². The molecule has 16 heavy (non-hydrogen) atoms. The van der Waals surface area contributed by atoms with E-state index in [4.69, 9.17) is 10.8 Å². The fourth-order valence-corrected chi connectivity index (χ4v) is 1.51. The molecule has 1 aromatic rings.